The van der Waals surface area contributed by atoms with Gasteiger partial charge in [0, 0.05) is 12.2 Å². The topological polar surface area (TPSA) is 60.9 Å². The molecule has 0 unspecified atom stereocenters. The molecule has 1 heterocycles. The van der Waals surface area contributed by atoms with Gasteiger partial charge in [0.1, 0.15) is 11.6 Å². The number of nitrogens with one attached hydrogen (secondary N) is 2. The number of fused-ring (bicyclic) bond motifs is 1. The third kappa shape index (κ3) is 3.06. The van der Waals surface area contributed by atoms with E-state index in [1.165, 1.54) is 0 Å². The fourth-order valence-corrected chi connectivity index (χ4v) is 3.45. The molecule has 3 N–H and O–H groups in total. The van der Waals surface area contributed by atoms with E-state index in [-0.39, 0.29) is 5.75 Å². The number of aromatic amines is 1. The standard InChI is InChI=1S/C15H13Br2N3O/c1-8-19-13-3-2-10(6-14(13)20-8)18-7-9-4-11(16)15(21)12(17)5-9/h2-6,18,21H,7H2,1H3,(H,19,20). The van der Waals surface area contributed by atoms with Gasteiger partial charge in [0.05, 0.1) is 20.0 Å². The average Bonchev–Trinajstić information content (AvgIpc) is 2.81. The first-order valence-electron chi connectivity index (χ1n) is 6.40. The molecule has 0 spiro atoms. The molecule has 2 aromatic carbocycles. The van der Waals surface area contributed by atoms with E-state index in [1.54, 1.807) is 0 Å². The van der Waals surface area contributed by atoms with Crippen LogP contribution < -0.4 is 5.32 Å². The average molecular weight is 411 g/mol. The first kappa shape index (κ1) is 14.4. The summed E-state index contributed by atoms with van der Waals surface area (Å²) in [5, 5.41) is 13.1. The summed E-state index contributed by atoms with van der Waals surface area (Å²) in [5.74, 6) is 1.13. The Balaban J connectivity index is 1.79. The van der Waals surface area contributed by atoms with E-state index in [9.17, 15) is 5.11 Å². The zero-order valence-corrected chi connectivity index (χ0v) is 14.4. The number of halogens is 2. The van der Waals surface area contributed by atoms with Gasteiger partial charge < -0.3 is 15.4 Å². The van der Waals surface area contributed by atoms with Crippen LogP contribution in [0.5, 0.6) is 5.75 Å². The summed E-state index contributed by atoms with van der Waals surface area (Å²) in [7, 11) is 0. The van der Waals surface area contributed by atoms with Crippen LogP contribution in [0.15, 0.2) is 39.3 Å². The lowest BCUT2D eigenvalue weighted by molar-refractivity contribution is 0.468. The molecule has 0 saturated carbocycles. The maximum atomic E-state index is 9.71. The highest BCUT2D eigenvalue weighted by Gasteiger charge is 2.06. The SMILES string of the molecule is Cc1nc2ccc(NCc3cc(Br)c(O)c(Br)c3)cc2[nH]1. The van der Waals surface area contributed by atoms with E-state index in [4.69, 9.17) is 0 Å². The van der Waals surface area contributed by atoms with Gasteiger partial charge in [0.25, 0.3) is 0 Å². The number of rotatable bonds is 3. The zero-order chi connectivity index (χ0) is 15.0. The fraction of sp³-hybridized carbons (Fsp3) is 0.133. The molecule has 4 nitrogen and oxygen atoms in total. The highest BCUT2D eigenvalue weighted by atomic mass is 79.9. The molecule has 0 saturated heterocycles. The van der Waals surface area contributed by atoms with Crippen molar-refractivity contribution in [1.29, 1.82) is 0 Å². The maximum absolute atomic E-state index is 9.71. The predicted molar refractivity (Wildman–Crippen MR) is 91.7 cm³/mol. The minimum Gasteiger partial charge on any atom is -0.506 e. The summed E-state index contributed by atoms with van der Waals surface area (Å²) in [6.07, 6.45) is 0. The van der Waals surface area contributed by atoms with Gasteiger partial charge in [-0.1, -0.05) is 0 Å². The number of imidazole rings is 1. The van der Waals surface area contributed by atoms with Crippen LogP contribution in [0, 0.1) is 6.92 Å². The van der Waals surface area contributed by atoms with Crippen LogP contribution in [0.1, 0.15) is 11.4 Å². The zero-order valence-electron chi connectivity index (χ0n) is 11.2. The van der Waals surface area contributed by atoms with E-state index in [0.717, 1.165) is 28.1 Å². The first-order valence-corrected chi connectivity index (χ1v) is 7.98. The van der Waals surface area contributed by atoms with Gasteiger partial charge in [-0.3, -0.25) is 0 Å². The second kappa shape index (κ2) is 5.69. The van der Waals surface area contributed by atoms with Gasteiger partial charge in [-0.25, -0.2) is 4.98 Å². The molecule has 3 rings (SSSR count). The van der Waals surface area contributed by atoms with Crippen LogP contribution in [0.4, 0.5) is 5.69 Å². The molecule has 0 aliphatic rings. The Morgan fingerprint density at radius 1 is 1.19 bits per heavy atom. The molecule has 0 atom stereocenters. The van der Waals surface area contributed by atoms with Gasteiger partial charge in [-0.05, 0) is 74.7 Å². The molecule has 0 radical (unpaired) electrons. The van der Waals surface area contributed by atoms with Gasteiger partial charge in [0.2, 0.25) is 0 Å². The Morgan fingerprint density at radius 2 is 1.90 bits per heavy atom. The van der Waals surface area contributed by atoms with Crippen molar-refractivity contribution in [3.63, 3.8) is 0 Å². The van der Waals surface area contributed by atoms with Crippen molar-refractivity contribution in [1.82, 2.24) is 9.97 Å². The number of benzene rings is 2. The molecule has 0 amide bonds. The molecular weight excluding hydrogens is 398 g/mol. The van der Waals surface area contributed by atoms with Gasteiger partial charge in [-0.2, -0.15) is 0 Å². The number of aryl methyl sites for hydroxylation is 1. The molecule has 0 aliphatic heterocycles. The molecule has 6 heteroatoms. The predicted octanol–water partition coefficient (Wildman–Crippen LogP) is 4.71. The second-order valence-electron chi connectivity index (χ2n) is 4.82. The lowest BCUT2D eigenvalue weighted by Crippen LogP contribution is -1.99. The molecule has 0 fully saturated rings. The second-order valence-corrected chi connectivity index (χ2v) is 6.52. The van der Waals surface area contributed by atoms with E-state index in [1.807, 2.05) is 37.3 Å². The van der Waals surface area contributed by atoms with Crippen molar-refractivity contribution >= 4 is 48.6 Å². The number of phenols is 1. The summed E-state index contributed by atoms with van der Waals surface area (Å²) in [4.78, 5) is 7.61. The lowest BCUT2D eigenvalue weighted by Gasteiger charge is -2.09. The summed E-state index contributed by atoms with van der Waals surface area (Å²) < 4.78 is 1.35. The number of nitrogens with zero attached hydrogens (tertiary/aromatic N) is 1. The normalized spacial score (nSPS) is 11.0. The smallest absolute Gasteiger partial charge is 0.143 e. The monoisotopic (exact) mass is 409 g/mol. The van der Waals surface area contributed by atoms with E-state index < -0.39 is 0 Å². The summed E-state index contributed by atoms with van der Waals surface area (Å²) in [5.41, 5.74) is 4.07. The van der Waals surface area contributed by atoms with Crippen molar-refractivity contribution in [2.24, 2.45) is 0 Å². The summed E-state index contributed by atoms with van der Waals surface area (Å²) in [6.45, 7) is 2.61. The number of aromatic hydroxyl groups is 1. The van der Waals surface area contributed by atoms with Crippen LogP contribution in [-0.2, 0) is 6.54 Å². The van der Waals surface area contributed by atoms with Crippen LogP contribution in [-0.4, -0.2) is 15.1 Å². The maximum Gasteiger partial charge on any atom is 0.143 e. The van der Waals surface area contributed by atoms with Crippen molar-refractivity contribution in [2.45, 2.75) is 13.5 Å². The Labute approximate surface area is 138 Å². The van der Waals surface area contributed by atoms with E-state index in [2.05, 4.69) is 47.1 Å². The van der Waals surface area contributed by atoms with Crippen molar-refractivity contribution in [3.05, 3.63) is 50.7 Å². The Kier molecular flexibility index (Phi) is 3.91. The number of phenolic OH excluding ortho intramolecular Hbond substituents is 1. The molecular formula is C15H13Br2N3O. The summed E-state index contributed by atoms with van der Waals surface area (Å²) in [6, 6.07) is 9.83. The van der Waals surface area contributed by atoms with Crippen LogP contribution in [0.2, 0.25) is 0 Å². The molecule has 3 aromatic rings. The number of aromatic nitrogens is 2. The highest BCUT2D eigenvalue weighted by molar-refractivity contribution is 9.11. The largest absolute Gasteiger partial charge is 0.506 e. The van der Waals surface area contributed by atoms with Crippen molar-refractivity contribution < 1.29 is 5.11 Å². The van der Waals surface area contributed by atoms with Gasteiger partial charge in [0.15, 0.2) is 0 Å². The number of H-pyrrole nitrogens is 1. The Bertz CT molecular complexity index is 791. The fourth-order valence-electron chi connectivity index (χ4n) is 2.17. The quantitative estimate of drug-likeness (QED) is 0.585. The molecule has 21 heavy (non-hydrogen) atoms. The van der Waals surface area contributed by atoms with Crippen LogP contribution in [0.3, 0.4) is 0 Å². The number of anilines is 1. The van der Waals surface area contributed by atoms with Crippen molar-refractivity contribution in [3.8, 4) is 5.75 Å². The van der Waals surface area contributed by atoms with Crippen molar-refractivity contribution in [2.75, 3.05) is 5.32 Å². The first-order chi connectivity index (χ1) is 10.0. The highest BCUT2D eigenvalue weighted by Crippen LogP contribution is 2.33. The molecule has 108 valence electrons. The van der Waals surface area contributed by atoms with E-state index in [0.29, 0.717) is 15.5 Å². The Hall–Kier alpha value is -1.53. The van der Waals surface area contributed by atoms with E-state index >= 15 is 0 Å². The molecule has 1 aromatic heterocycles. The van der Waals surface area contributed by atoms with Gasteiger partial charge in [-0.15, -0.1) is 0 Å². The Morgan fingerprint density at radius 3 is 2.62 bits per heavy atom. The minimum absolute atomic E-state index is 0.216. The number of hydrogen-bond acceptors (Lipinski definition) is 3. The van der Waals surface area contributed by atoms with Crippen LogP contribution >= 0.6 is 31.9 Å². The van der Waals surface area contributed by atoms with Crippen LogP contribution in [0.25, 0.3) is 11.0 Å². The molecule has 0 bridgehead atoms. The summed E-state index contributed by atoms with van der Waals surface area (Å²) >= 11 is 6.67. The number of hydrogen-bond donors (Lipinski definition) is 3. The van der Waals surface area contributed by atoms with Gasteiger partial charge >= 0.3 is 0 Å². The molecule has 0 aliphatic carbocycles. The third-order valence-electron chi connectivity index (χ3n) is 3.17. The minimum atomic E-state index is 0.216. The third-order valence-corrected chi connectivity index (χ3v) is 4.38. The lowest BCUT2D eigenvalue weighted by atomic mass is 10.2.